The molecule has 4 nitrogen and oxygen atoms in total. The maximum absolute atomic E-state index is 11.8. The molecule has 5 heteroatoms. The van der Waals surface area contributed by atoms with Crippen molar-refractivity contribution in [2.24, 2.45) is 18.4 Å². The molecule has 0 aliphatic carbocycles. The molecule has 0 aliphatic heterocycles. The molecule has 0 saturated heterocycles. The smallest absolute Gasteiger partial charge is 0.312 e. The van der Waals surface area contributed by atoms with E-state index in [0.717, 1.165) is 5.33 Å². The van der Waals surface area contributed by atoms with Crippen LogP contribution in [0.5, 0.6) is 0 Å². The predicted molar refractivity (Wildman–Crippen MR) is 72.7 cm³/mol. The Bertz CT molecular complexity index is 496. The summed E-state index contributed by atoms with van der Waals surface area (Å²) < 4.78 is 2.80. The Morgan fingerprint density at radius 3 is 2.29 bits per heavy atom. The van der Waals surface area contributed by atoms with Crippen molar-refractivity contribution in [1.82, 2.24) is 9.13 Å². The molecule has 0 saturated carbocycles. The Labute approximate surface area is 109 Å². The summed E-state index contributed by atoms with van der Waals surface area (Å²) in [6.45, 7) is 6.95. The van der Waals surface area contributed by atoms with Gasteiger partial charge in [0.2, 0.25) is 0 Å². The fourth-order valence-corrected chi connectivity index (χ4v) is 2.70. The molecule has 1 heterocycles. The second kappa shape index (κ2) is 5.21. The molecule has 0 aliphatic rings. The third kappa shape index (κ3) is 3.31. The lowest BCUT2D eigenvalue weighted by atomic mass is 9.82. The van der Waals surface area contributed by atoms with E-state index < -0.39 is 11.1 Å². The molecule has 0 radical (unpaired) electrons. The zero-order valence-electron chi connectivity index (χ0n) is 10.7. The van der Waals surface area contributed by atoms with Crippen molar-refractivity contribution >= 4 is 15.9 Å². The molecule has 0 N–H and O–H groups in total. The highest BCUT2D eigenvalue weighted by molar-refractivity contribution is 9.09. The molecule has 0 spiro atoms. The average Bonchev–Trinajstić information content (AvgIpc) is 2.23. The van der Waals surface area contributed by atoms with Crippen LogP contribution >= 0.6 is 15.9 Å². The van der Waals surface area contributed by atoms with Crippen LogP contribution in [0.4, 0.5) is 0 Å². The minimum atomic E-state index is -0.477. The van der Waals surface area contributed by atoms with Gasteiger partial charge in [0.25, 0.3) is 0 Å². The van der Waals surface area contributed by atoms with Gasteiger partial charge in [-0.15, -0.1) is 0 Å². The summed E-state index contributed by atoms with van der Waals surface area (Å²) >= 11 is 3.47. The molecular weight excluding hydrogens is 284 g/mol. The van der Waals surface area contributed by atoms with E-state index >= 15 is 0 Å². The molecular formula is C12H19BrN2O2. The van der Waals surface area contributed by atoms with Gasteiger partial charge in [0.15, 0.2) is 0 Å². The summed E-state index contributed by atoms with van der Waals surface area (Å²) in [5, 5.41) is 0.804. The first kappa shape index (κ1) is 14.2. The van der Waals surface area contributed by atoms with Gasteiger partial charge in [-0.1, -0.05) is 36.7 Å². The highest BCUT2D eigenvalue weighted by atomic mass is 79.9. The van der Waals surface area contributed by atoms with E-state index in [1.54, 1.807) is 19.4 Å². The topological polar surface area (TPSA) is 44.0 Å². The Morgan fingerprint density at radius 1 is 1.24 bits per heavy atom. The first-order valence-corrected chi connectivity index (χ1v) is 6.71. The van der Waals surface area contributed by atoms with Crippen molar-refractivity contribution in [3.05, 3.63) is 33.1 Å². The van der Waals surface area contributed by atoms with Crippen LogP contribution < -0.4 is 11.1 Å². The van der Waals surface area contributed by atoms with Crippen LogP contribution in [-0.4, -0.2) is 14.5 Å². The fourth-order valence-electron chi connectivity index (χ4n) is 1.52. The van der Waals surface area contributed by atoms with Crippen LogP contribution in [0.25, 0.3) is 0 Å². The lowest BCUT2D eigenvalue weighted by Gasteiger charge is -2.29. The van der Waals surface area contributed by atoms with Gasteiger partial charge in [-0.25, -0.2) is 0 Å². The van der Waals surface area contributed by atoms with Gasteiger partial charge in [0.1, 0.15) is 0 Å². The number of alkyl halides is 1. The molecule has 1 unspecified atom stereocenters. The summed E-state index contributed by atoms with van der Waals surface area (Å²) in [6, 6.07) is 0. The van der Waals surface area contributed by atoms with Crippen LogP contribution in [0.15, 0.2) is 22.0 Å². The summed E-state index contributed by atoms with van der Waals surface area (Å²) in [6.07, 6.45) is 3.29. The predicted octanol–water partition coefficient (Wildman–Crippen LogP) is 1.60. The number of hydrogen-bond acceptors (Lipinski definition) is 2. The van der Waals surface area contributed by atoms with E-state index in [-0.39, 0.29) is 5.41 Å². The minimum Gasteiger partial charge on any atom is -0.312 e. The Hall–Kier alpha value is -0.840. The van der Waals surface area contributed by atoms with E-state index in [0.29, 0.717) is 12.5 Å². The van der Waals surface area contributed by atoms with Gasteiger partial charge in [-0.2, -0.15) is 0 Å². The second-order valence-electron chi connectivity index (χ2n) is 5.39. The molecule has 0 amide bonds. The summed E-state index contributed by atoms with van der Waals surface area (Å²) in [5.74, 6) is 0.298. The van der Waals surface area contributed by atoms with Crippen molar-refractivity contribution in [2.45, 2.75) is 27.3 Å². The van der Waals surface area contributed by atoms with E-state index in [9.17, 15) is 9.59 Å². The van der Waals surface area contributed by atoms with Crippen LogP contribution in [0, 0.1) is 11.3 Å². The summed E-state index contributed by atoms with van der Waals surface area (Å²) in [4.78, 5) is 23.3. The van der Waals surface area contributed by atoms with Crippen molar-refractivity contribution in [3.8, 4) is 0 Å². The highest BCUT2D eigenvalue weighted by Gasteiger charge is 2.24. The number of aromatic nitrogens is 2. The summed E-state index contributed by atoms with van der Waals surface area (Å²) in [7, 11) is 1.58. The Balaban J connectivity index is 3.08. The van der Waals surface area contributed by atoms with E-state index in [2.05, 4.69) is 36.7 Å². The first-order chi connectivity index (χ1) is 7.77. The molecule has 0 fully saturated rings. The van der Waals surface area contributed by atoms with Crippen LogP contribution in [0.1, 0.15) is 20.8 Å². The van der Waals surface area contributed by atoms with Crippen molar-refractivity contribution in [2.75, 3.05) is 5.33 Å². The fraction of sp³-hybridized carbons (Fsp3) is 0.667. The maximum atomic E-state index is 11.8. The van der Waals surface area contributed by atoms with Crippen LogP contribution in [-0.2, 0) is 13.6 Å². The Morgan fingerprint density at radius 2 is 1.82 bits per heavy atom. The zero-order valence-corrected chi connectivity index (χ0v) is 12.3. The second-order valence-corrected chi connectivity index (χ2v) is 6.04. The van der Waals surface area contributed by atoms with Crippen LogP contribution in [0.2, 0.25) is 0 Å². The molecule has 17 heavy (non-hydrogen) atoms. The van der Waals surface area contributed by atoms with E-state index in [4.69, 9.17) is 0 Å². The van der Waals surface area contributed by atoms with E-state index in [1.807, 2.05) is 0 Å². The first-order valence-electron chi connectivity index (χ1n) is 5.59. The molecule has 0 aromatic carbocycles. The number of hydrogen-bond donors (Lipinski definition) is 0. The number of aryl methyl sites for hydroxylation is 1. The number of nitrogens with zero attached hydrogens (tertiary/aromatic N) is 2. The molecule has 96 valence electrons. The van der Waals surface area contributed by atoms with Gasteiger partial charge in [0.05, 0.1) is 0 Å². The molecule has 1 aromatic rings. The van der Waals surface area contributed by atoms with Gasteiger partial charge < -0.3 is 9.13 Å². The van der Waals surface area contributed by atoms with Crippen molar-refractivity contribution in [3.63, 3.8) is 0 Å². The standard InChI is InChI=1S/C12H19BrN2O2/c1-12(2,3)9(7-13)8-15-6-5-14(4)10(16)11(15)17/h5-6,9H,7-8H2,1-4H3. The third-order valence-corrected chi connectivity index (χ3v) is 3.84. The number of rotatable bonds is 3. The lowest BCUT2D eigenvalue weighted by Crippen LogP contribution is -2.42. The molecule has 0 bridgehead atoms. The largest absolute Gasteiger partial charge is 0.316 e. The minimum absolute atomic E-state index is 0.0873. The van der Waals surface area contributed by atoms with Crippen molar-refractivity contribution in [1.29, 1.82) is 0 Å². The molecule has 1 rings (SSSR count). The van der Waals surface area contributed by atoms with Gasteiger partial charge in [-0.05, 0) is 11.3 Å². The molecule has 1 atom stereocenters. The molecule has 1 aromatic heterocycles. The lowest BCUT2D eigenvalue weighted by molar-refractivity contribution is 0.236. The average molecular weight is 303 g/mol. The third-order valence-electron chi connectivity index (χ3n) is 3.06. The van der Waals surface area contributed by atoms with Crippen molar-refractivity contribution < 1.29 is 0 Å². The van der Waals surface area contributed by atoms with E-state index in [1.165, 1.54) is 9.13 Å². The van der Waals surface area contributed by atoms with Gasteiger partial charge >= 0.3 is 11.1 Å². The normalized spacial score (nSPS) is 13.7. The SMILES string of the molecule is Cn1ccn(CC(CBr)C(C)(C)C)c(=O)c1=O. The summed E-state index contributed by atoms with van der Waals surface area (Å²) in [5.41, 5.74) is -0.843. The zero-order chi connectivity index (χ0) is 13.2. The van der Waals surface area contributed by atoms with Crippen LogP contribution in [0.3, 0.4) is 0 Å². The van der Waals surface area contributed by atoms with Gasteiger partial charge in [0, 0.05) is 31.3 Å². The highest BCUT2D eigenvalue weighted by Crippen LogP contribution is 2.28. The Kier molecular flexibility index (Phi) is 4.36. The monoisotopic (exact) mass is 302 g/mol. The van der Waals surface area contributed by atoms with Gasteiger partial charge in [-0.3, -0.25) is 9.59 Å². The maximum Gasteiger partial charge on any atom is 0.316 e. The quantitative estimate of drug-likeness (QED) is 0.629. The number of halogens is 1.